The molecule has 2 aromatic rings. The lowest BCUT2D eigenvalue weighted by atomic mass is 10.0. The van der Waals surface area contributed by atoms with E-state index in [4.69, 9.17) is 0 Å². The number of carbonyl (C=O) groups is 1. The first-order chi connectivity index (χ1) is 11.4. The molecular weight excluding hydrogens is 304 g/mol. The summed E-state index contributed by atoms with van der Waals surface area (Å²) in [6, 6.07) is 8.96. The van der Waals surface area contributed by atoms with Crippen molar-refractivity contribution in [2.24, 2.45) is 0 Å². The summed E-state index contributed by atoms with van der Waals surface area (Å²) < 4.78 is 0. The summed E-state index contributed by atoms with van der Waals surface area (Å²) in [7, 11) is 0. The third-order valence-corrected chi connectivity index (χ3v) is 3.51. The molecule has 0 saturated heterocycles. The summed E-state index contributed by atoms with van der Waals surface area (Å²) in [6.45, 7) is 3.98. The summed E-state index contributed by atoms with van der Waals surface area (Å²) in [6.07, 6.45) is 5.61. The molecule has 0 unspecified atom stereocenters. The van der Waals surface area contributed by atoms with Crippen LogP contribution in [-0.2, 0) is 6.42 Å². The topological polar surface area (TPSA) is 77.8 Å². The van der Waals surface area contributed by atoms with E-state index >= 15 is 0 Å². The maximum absolute atomic E-state index is 12.1. The number of allylic oxidation sites excluding steroid dienone is 3. The van der Waals surface area contributed by atoms with Gasteiger partial charge in [-0.3, -0.25) is 4.79 Å². The van der Waals surface area contributed by atoms with Gasteiger partial charge >= 0.3 is 0 Å². The molecule has 0 heterocycles. The zero-order valence-corrected chi connectivity index (χ0v) is 13.7. The molecule has 4 nitrogen and oxygen atoms in total. The first kappa shape index (κ1) is 17.3. The zero-order valence-electron chi connectivity index (χ0n) is 13.7. The molecule has 24 heavy (non-hydrogen) atoms. The third-order valence-electron chi connectivity index (χ3n) is 3.51. The number of rotatable bonds is 5. The molecule has 0 aromatic heterocycles. The number of hydrogen-bond acceptors (Lipinski definition) is 4. The van der Waals surface area contributed by atoms with E-state index in [0.29, 0.717) is 6.42 Å². The molecule has 0 amide bonds. The van der Waals surface area contributed by atoms with E-state index in [0.717, 1.165) is 22.8 Å². The highest BCUT2D eigenvalue weighted by molar-refractivity contribution is 6.08. The molecule has 124 valence electrons. The predicted molar refractivity (Wildman–Crippen MR) is 94.4 cm³/mol. The number of hydrogen-bond donors (Lipinski definition) is 3. The Morgan fingerprint density at radius 3 is 2.42 bits per heavy atom. The van der Waals surface area contributed by atoms with Gasteiger partial charge < -0.3 is 15.3 Å². The van der Waals surface area contributed by atoms with Crippen LogP contribution in [0.4, 0.5) is 0 Å². The van der Waals surface area contributed by atoms with Crippen LogP contribution in [0.5, 0.6) is 17.2 Å². The van der Waals surface area contributed by atoms with Gasteiger partial charge in [-0.25, -0.2) is 0 Å². The second kappa shape index (κ2) is 7.51. The summed E-state index contributed by atoms with van der Waals surface area (Å²) >= 11 is 0. The fraction of sp³-hybridized carbons (Fsp3) is 0.150. The Balaban J connectivity index is 2.20. The lowest BCUT2D eigenvalue weighted by molar-refractivity contribution is 0.104. The van der Waals surface area contributed by atoms with Crippen molar-refractivity contribution in [2.45, 2.75) is 20.3 Å². The van der Waals surface area contributed by atoms with Gasteiger partial charge in [0, 0.05) is 6.07 Å². The predicted octanol–water partition coefficient (Wildman–Crippen LogP) is 4.21. The van der Waals surface area contributed by atoms with Crippen molar-refractivity contribution >= 4 is 11.9 Å². The largest absolute Gasteiger partial charge is 0.508 e. The molecule has 0 aliphatic carbocycles. The van der Waals surface area contributed by atoms with E-state index in [1.807, 2.05) is 26.0 Å². The molecule has 0 radical (unpaired) electrons. The van der Waals surface area contributed by atoms with Crippen LogP contribution in [-0.4, -0.2) is 21.1 Å². The molecule has 0 bridgehead atoms. The number of ketones is 1. The SMILES string of the molecule is CC(C)=CCc1cc(/C=C/C(=O)c2ccc(O)cc2O)ccc1O. The van der Waals surface area contributed by atoms with Crippen LogP contribution in [0.3, 0.4) is 0 Å². The lowest BCUT2D eigenvalue weighted by Gasteiger charge is -2.04. The van der Waals surface area contributed by atoms with Gasteiger partial charge in [0.15, 0.2) is 5.78 Å². The Morgan fingerprint density at radius 2 is 1.75 bits per heavy atom. The lowest BCUT2D eigenvalue weighted by Crippen LogP contribution is -1.94. The number of aromatic hydroxyl groups is 3. The second-order valence-corrected chi connectivity index (χ2v) is 5.77. The van der Waals surface area contributed by atoms with Crippen LogP contribution in [0, 0.1) is 0 Å². The van der Waals surface area contributed by atoms with E-state index in [2.05, 4.69) is 0 Å². The minimum absolute atomic E-state index is 0.101. The first-order valence-corrected chi connectivity index (χ1v) is 7.56. The van der Waals surface area contributed by atoms with Gasteiger partial charge in [0.25, 0.3) is 0 Å². The van der Waals surface area contributed by atoms with Crippen LogP contribution in [0.1, 0.15) is 35.3 Å². The number of phenols is 3. The standard InChI is InChI=1S/C20H20O4/c1-13(2)3-6-15-11-14(4-9-18(15)22)5-10-19(23)17-8-7-16(21)12-20(17)24/h3-5,7-12,21-22,24H,6H2,1-2H3/b10-5+. The summed E-state index contributed by atoms with van der Waals surface area (Å²) in [4.78, 5) is 12.1. The van der Waals surface area contributed by atoms with Gasteiger partial charge in [-0.2, -0.15) is 0 Å². The van der Waals surface area contributed by atoms with Gasteiger partial charge in [0.1, 0.15) is 17.2 Å². The highest BCUT2D eigenvalue weighted by Gasteiger charge is 2.09. The van der Waals surface area contributed by atoms with Crippen molar-refractivity contribution in [3.63, 3.8) is 0 Å². The monoisotopic (exact) mass is 324 g/mol. The molecule has 0 aliphatic heterocycles. The maximum atomic E-state index is 12.1. The van der Waals surface area contributed by atoms with Crippen molar-refractivity contribution in [1.82, 2.24) is 0 Å². The average Bonchev–Trinajstić information content (AvgIpc) is 2.52. The van der Waals surface area contributed by atoms with Crippen molar-refractivity contribution in [1.29, 1.82) is 0 Å². The third kappa shape index (κ3) is 4.49. The Labute approximate surface area is 141 Å². The molecule has 0 atom stereocenters. The Morgan fingerprint density at radius 1 is 1.00 bits per heavy atom. The fourth-order valence-electron chi connectivity index (χ4n) is 2.18. The summed E-state index contributed by atoms with van der Waals surface area (Å²) in [5, 5.41) is 28.9. The minimum Gasteiger partial charge on any atom is -0.508 e. The zero-order chi connectivity index (χ0) is 17.7. The van der Waals surface area contributed by atoms with Crippen LogP contribution in [0.2, 0.25) is 0 Å². The Bertz CT molecular complexity index is 812. The van der Waals surface area contributed by atoms with Crippen LogP contribution in [0.15, 0.2) is 54.1 Å². The number of benzene rings is 2. The van der Waals surface area contributed by atoms with Crippen molar-refractivity contribution in [2.75, 3.05) is 0 Å². The number of phenolic OH excluding ortho intramolecular Hbond substituents is 3. The van der Waals surface area contributed by atoms with Crippen molar-refractivity contribution in [3.8, 4) is 17.2 Å². The molecule has 2 rings (SSSR count). The summed E-state index contributed by atoms with van der Waals surface area (Å²) in [5.74, 6) is -0.520. The molecule has 0 spiro atoms. The van der Waals surface area contributed by atoms with Crippen LogP contribution < -0.4 is 0 Å². The molecular formula is C20H20O4. The fourth-order valence-corrected chi connectivity index (χ4v) is 2.18. The Hall–Kier alpha value is -3.01. The molecule has 4 heteroatoms. The molecule has 0 aliphatic rings. The maximum Gasteiger partial charge on any atom is 0.189 e. The van der Waals surface area contributed by atoms with Gasteiger partial charge in [0.2, 0.25) is 0 Å². The van der Waals surface area contributed by atoms with Crippen LogP contribution >= 0.6 is 0 Å². The summed E-state index contributed by atoms with van der Waals surface area (Å²) in [5.41, 5.74) is 2.83. The average molecular weight is 324 g/mol. The molecule has 3 N–H and O–H groups in total. The normalized spacial score (nSPS) is 10.8. The molecule has 0 saturated carbocycles. The quantitative estimate of drug-likeness (QED) is 0.437. The van der Waals surface area contributed by atoms with Gasteiger partial charge in [0.05, 0.1) is 5.56 Å². The van der Waals surface area contributed by atoms with E-state index in [1.165, 1.54) is 18.2 Å². The molecule has 2 aromatic carbocycles. The van der Waals surface area contributed by atoms with Gasteiger partial charge in [-0.1, -0.05) is 23.8 Å². The first-order valence-electron chi connectivity index (χ1n) is 7.56. The van der Waals surface area contributed by atoms with E-state index in [9.17, 15) is 20.1 Å². The van der Waals surface area contributed by atoms with E-state index < -0.39 is 0 Å². The smallest absolute Gasteiger partial charge is 0.189 e. The minimum atomic E-state index is -0.369. The van der Waals surface area contributed by atoms with Crippen molar-refractivity contribution in [3.05, 3.63) is 70.8 Å². The Kier molecular flexibility index (Phi) is 5.42. The highest BCUT2D eigenvalue weighted by Crippen LogP contribution is 2.24. The van der Waals surface area contributed by atoms with E-state index in [1.54, 1.807) is 18.2 Å². The van der Waals surface area contributed by atoms with E-state index in [-0.39, 0.29) is 28.6 Å². The van der Waals surface area contributed by atoms with Gasteiger partial charge in [-0.05, 0) is 61.7 Å². The second-order valence-electron chi connectivity index (χ2n) is 5.77. The van der Waals surface area contributed by atoms with Crippen LogP contribution in [0.25, 0.3) is 6.08 Å². The van der Waals surface area contributed by atoms with Gasteiger partial charge in [-0.15, -0.1) is 0 Å². The number of carbonyl (C=O) groups excluding carboxylic acids is 1. The van der Waals surface area contributed by atoms with Crippen molar-refractivity contribution < 1.29 is 20.1 Å². The molecule has 0 fully saturated rings. The highest BCUT2D eigenvalue weighted by atomic mass is 16.3.